The highest BCUT2D eigenvalue weighted by Gasteiger charge is 2.43. The molecule has 0 spiro atoms. The summed E-state index contributed by atoms with van der Waals surface area (Å²) in [7, 11) is 7.91. The van der Waals surface area contributed by atoms with Crippen LogP contribution in [0, 0.1) is 23.7 Å². The minimum Gasteiger partial charge on any atom is -0.461 e. The van der Waals surface area contributed by atoms with Crippen LogP contribution in [0.25, 0.3) is 45.0 Å². The predicted molar refractivity (Wildman–Crippen MR) is 245 cm³/mol. The van der Waals surface area contributed by atoms with Gasteiger partial charge in [0.1, 0.15) is 11.4 Å². The molecule has 338 valence electrons. The zero-order valence-electron chi connectivity index (χ0n) is 37.3. The van der Waals surface area contributed by atoms with Crippen LogP contribution >= 0.6 is 0 Å². The maximum atomic E-state index is 12.5. The van der Waals surface area contributed by atoms with Gasteiger partial charge in [0, 0.05) is 107 Å². The van der Waals surface area contributed by atoms with E-state index in [4.69, 9.17) is 15.6 Å². The summed E-state index contributed by atoms with van der Waals surface area (Å²) in [4.78, 5) is 60.5. The Kier molecular flexibility index (Phi) is 14.6. The number of ether oxygens (including phenoxy) is 1. The molecule has 4 aromatic heterocycles. The van der Waals surface area contributed by atoms with Crippen LogP contribution in [0.1, 0.15) is 51.9 Å². The Balaban J connectivity index is 0.000000211. The van der Waals surface area contributed by atoms with Crippen molar-refractivity contribution in [2.75, 3.05) is 40.9 Å². The lowest BCUT2D eigenvalue weighted by Crippen LogP contribution is -2.37. The molecule has 2 aromatic carbocycles. The maximum absolute atomic E-state index is 12.5. The number of primary amides is 1. The molecular formula is C49H49N9O8. The minimum atomic E-state index is -1.67. The topological polar surface area (TPSA) is 232 Å². The molecule has 0 radical (unpaired) electrons. The van der Waals surface area contributed by atoms with Crippen molar-refractivity contribution >= 4 is 23.7 Å². The van der Waals surface area contributed by atoms with Gasteiger partial charge in [-0.3, -0.25) is 23.7 Å². The van der Waals surface area contributed by atoms with Crippen molar-refractivity contribution in [3.05, 3.63) is 120 Å². The van der Waals surface area contributed by atoms with Crippen LogP contribution in [0.4, 0.5) is 0 Å². The van der Waals surface area contributed by atoms with E-state index in [1.807, 2.05) is 62.6 Å². The minimum absolute atomic E-state index is 0.138. The molecule has 6 aromatic rings. The fourth-order valence-electron chi connectivity index (χ4n) is 7.21. The summed E-state index contributed by atoms with van der Waals surface area (Å²) in [5.41, 5.74) is 9.46. The molecular weight excluding hydrogens is 843 g/mol. The van der Waals surface area contributed by atoms with E-state index in [0.29, 0.717) is 35.6 Å². The molecule has 3 amide bonds. The largest absolute Gasteiger partial charge is 0.461 e. The molecule has 17 nitrogen and oxygen atoms in total. The molecule has 6 heterocycles. The molecule has 0 unspecified atom stereocenters. The average molecular weight is 892 g/mol. The van der Waals surface area contributed by atoms with Gasteiger partial charge in [-0.05, 0) is 67.6 Å². The lowest BCUT2D eigenvalue weighted by Gasteiger charge is -2.13. The third kappa shape index (κ3) is 10.5. The van der Waals surface area contributed by atoms with E-state index >= 15 is 0 Å². The van der Waals surface area contributed by atoms with Gasteiger partial charge in [0.15, 0.2) is 0 Å². The molecule has 2 saturated heterocycles. The molecule has 2 atom stereocenters. The van der Waals surface area contributed by atoms with Gasteiger partial charge >= 0.3 is 5.97 Å². The first kappa shape index (κ1) is 47.5. The van der Waals surface area contributed by atoms with Gasteiger partial charge in [-0.25, -0.2) is 14.8 Å². The van der Waals surface area contributed by atoms with Crippen molar-refractivity contribution < 1.29 is 39.2 Å². The second kappa shape index (κ2) is 20.3. The number of aromatic nitrogens is 6. The monoisotopic (exact) mass is 891 g/mol. The molecule has 2 aliphatic rings. The van der Waals surface area contributed by atoms with E-state index < -0.39 is 34.9 Å². The Morgan fingerprint density at radius 2 is 1.11 bits per heavy atom. The van der Waals surface area contributed by atoms with E-state index in [1.54, 1.807) is 79.2 Å². The van der Waals surface area contributed by atoms with Gasteiger partial charge in [0.05, 0.1) is 29.4 Å². The zero-order valence-corrected chi connectivity index (χ0v) is 37.3. The van der Waals surface area contributed by atoms with Crippen molar-refractivity contribution in [1.82, 2.24) is 39.3 Å². The third-order valence-corrected chi connectivity index (χ3v) is 10.8. The molecule has 17 heteroatoms. The Morgan fingerprint density at radius 1 is 0.667 bits per heavy atom. The van der Waals surface area contributed by atoms with Gasteiger partial charge in [-0.1, -0.05) is 47.9 Å². The quantitative estimate of drug-likeness (QED) is 0.134. The lowest BCUT2D eigenvalue weighted by molar-refractivity contribution is -0.138. The summed E-state index contributed by atoms with van der Waals surface area (Å²) in [6, 6.07) is 25.2. The molecule has 66 heavy (non-hydrogen) atoms. The zero-order chi connectivity index (χ0) is 47.8. The Labute approximate surface area is 381 Å². The number of likely N-dealkylation sites (N-methyl/N-ethyl adjacent to an activating group) is 2. The number of likely N-dealkylation sites (tertiary alicyclic amines) is 2. The number of amides is 3. The first-order chi connectivity index (χ1) is 31.6. The standard InChI is InChI=1S/C25H24N4O4.C23H21N5O3.CH4O/c1-4-33-23(30)21-16-19(22-9-12-26-29(22)3)15-20(27-21)18-7-5-6-17(14-18)8-10-25(32)11-13-28(2)24(25)31;1-27-11-9-23(31,22(27)30)8-6-15-4-3-5-16(12-15)18-13-17(14-19(26-18)21(24)29)20-7-10-25-28(20)2;1-2/h5-7,9,12,14-16,32H,4,11,13H2,1-3H3;3-5,7,10,12-14,31H,9,11H2,1-2H3,(H2,24,29);2H,1H3/t25-;23-;/m00./s1. The summed E-state index contributed by atoms with van der Waals surface area (Å²) in [6.45, 7) is 2.91. The van der Waals surface area contributed by atoms with E-state index in [1.165, 1.54) is 9.80 Å². The first-order valence-corrected chi connectivity index (χ1v) is 20.7. The second-order valence-electron chi connectivity index (χ2n) is 15.4. The van der Waals surface area contributed by atoms with Crippen LogP contribution in [0.15, 0.2) is 97.3 Å². The fraction of sp³-hybridized carbons (Fsp3) is 0.265. The van der Waals surface area contributed by atoms with Crippen molar-refractivity contribution in [3.8, 4) is 68.7 Å². The number of nitrogens with two attached hydrogens (primary N) is 1. The summed E-state index contributed by atoms with van der Waals surface area (Å²) in [5.74, 6) is 9.32. The Hall–Kier alpha value is -7.96. The van der Waals surface area contributed by atoms with Crippen LogP contribution in [0.5, 0.6) is 0 Å². The van der Waals surface area contributed by atoms with Gasteiger partial charge in [0.25, 0.3) is 17.7 Å². The number of aliphatic hydroxyl groups is 3. The molecule has 0 bridgehead atoms. The predicted octanol–water partition coefficient (Wildman–Crippen LogP) is 3.07. The second-order valence-corrected chi connectivity index (χ2v) is 15.4. The van der Waals surface area contributed by atoms with Gasteiger partial charge in [0.2, 0.25) is 11.2 Å². The van der Waals surface area contributed by atoms with Crippen LogP contribution in [-0.4, -0.2) is 130 Å². The van der Waals surface area contributed by atoms with Crippen molar-refractivity contribution in [1.29, 1.82) is 0 Å². The number of carbonyl (C=O) groups excluding carboxylic acids is 4. The number of nitrogens with zero attached hydrogens (tertiary/aromatic N) is 8. The number of benzene rings is 2. The van der Waals surface area contributed by atoms with Crippen LogP contribution in [-0.2, 0) is 28.4 Å². The van der Waals surface area contributed by atoms with E-state index in [9.17, 15) is 29.4 Å². The average Bonchev–Trinajstić information content (AvgIpc) is 4.10. The van der Waals surface area contributed by atoms with E-state index in [-0.39, 0.29) is 30.8 Å². The highest BCUT2D eigenvalue weighted by molar-refractivity contribution is 5.94. The maximum Gasteiger partial charge on any atom is 0.356 e. The third-order valence-electron chi connectivity index (χ3n) is 10.8. The highest BCUT2D eigenvalue weighted by atomic mass is 16.5. The van der Waals surface area contributed by atoms with Gasteiger partial charge in [-0.2, -0.15) is 10.2 Å². The fourth-order valence-corrected chi connectivity index (χ4v) is 7.21. The Bertz CT molecular complexity index is 2940. The number of esters is 1. The lowest BCUT2D eigenvalue weighted by atomic mass is 10.0. The molecule has 0 aliphatic carbocycles. The number of hydrogen-bond acceptors (Lipinski definition) is 12. The van der Waals surface area contributed by atoms with Crippen molar-refractivity contribution in [2.24, 2.45) is 19.8 Å². The van der Waals surface area contributed by atoms with Crippen LogP contribution in [0.2, 0.25) is 0 Å². The van der Waals surface area contributed by atoms with Crippen LogP contribution in [0.3, 0.4) is 0 Å². The number of carbonyl (C=O) groups is 4. The summed E-state index contributed by atoms with van der Waals surface area (Å²) in [6.07, 6.45) is 3.89. The highest BCUT2D eigenvalue weighted by Crippen LogP contribution is 2.29. The number of pyridine rings is 2. The van der Waals surface area contributed by atoms with E-state index in [2.05, 4.69) is 43.8 Å². The van der Waals surface area contributed by atoms with E-state index in [0.717, 1.165) is 40.8 Å². The molecule has 2 fully saturated rings. The smallest absolute Gasteiger partial charge is 0.356 e. The van der Waals surface area contributed by atoms with Crippen molar-refractivity contribution in [3.63, 3.8) is 0 Å². The molecule has 0 saturated carbocycles. The number of aliphatic hydroxyl groups excluding tert-OH is 1. The van der Waals surface area contributed by atoms with Crippen LogP contribution < -0.4 is 5.73 Å². The summed E-state index contributed by atoms with van der Waals surface area (Å²) < 4.78 is 8.57. The van der Waals surface area contributed by atoms with Crippen molar-refractivity contribution in [2.45, 2.75) is 31.0 Å². The summed E-state index contributed by atoms with van der Waals surface area (Å²) >= 11 is 0. The SMILES string of the molecule is CCOC(=O)c1cc(-c2ccnn2C)cc(-c2cccc(C#C[C@]3(O)CCN(C)C3=O)c2)n1.CN1CC[C@@](O)(C#Cc2cccc(-c3cc(-c4ccnn4C)cc(C(N)=O)n3)c2)C1=O.CO. The number of aryl methyl sites for hydroxylation is 2. The van der Waals surface area contributed by atoms with Gasteiger partial charge < -0.3 is 35.6 Å². The van der Waals surface area contributed by atoms with Gasteiger partial charge in [-0.15, -0.1) is 0 Å². The Morgan fingerprint density at radius 3 is 1.48 bits per heavy atom. The first-order valence-electron chi connectivity index (χ1n) is 20.7. The molecule has 2 aliphatic heterocycles. The number of rotatable bonds is 7. The molecule has 5 N–H and O–H groups in total. The molecule has 8 rings (SSSR count). The summed E-state index contributed by atoms with van der Waals surface area (Å²) in [5, 5.41) is 36.4. The normalized spacial score (nSPS) is 17.3. The number of hydrogen-bond donors (Lipinski definition) is 4.